The molecule has 0 aliphatic rings. The molecule has 0 saturated heterocycles. The van der Waals surface area contributed by atoms with E-state index in [0.29, 0.717) is 6.61 Å². The lowest BCUT2D eigenvalue weighted by Gasteiger charge is -1.99. The number of ether oxygens (including phenoxy) is 1. The minimum atomic E-state index is -0.439. The lowest BCUT2D eigenvalue weighted by molar-refractivity contribution is -0.137. The summed E-state index contributed by atoms with van der Waals surface area (Å²) < 4.78 is 5.02. The zero-order valence-electron chi connectivity index (χ0n) is 10.2. The SMILES string of the molecule is CCCCCC#CC(=O)OCc1ccccc1. The van der Waals surface area contributed by atoms with E-state index >= 15 is 0 Å². The van der Waals surface area contributed by atoms with E-state index in [-0.39, 0.29) is 0 Å². The van der Waals surface area contributed by atoms with Crippen LogP contribution < -0.4 is 0 Å². The van der Waals surface area contributed by atoms with Crippen LogP contribution in [0.5, 0.6) is 0 Å². The summed E-state index contributed by atoms with van der Waals surface area (Å²) in [5.41, 5.74) is 0.980. The van der Waals surface area contributed by atoms with Crippen LogP contribution in [-0.2, 0) is 16.1 Å². The van der Waals surface area contributed by atoms with Crippen LogP contribution in [0.3, 0.4) is 0 Å². The molecule has 17 heavy (non-hydrogen) atoms. The molecule has 0 aromatic heterocycles. The Bertz CT molecular complexity index is 384. The molecule has 0 bridgehead atoms. The number of carbonyl (C=O) groups is 1. The fourth-order valence-electron chi connectivity index (χ4n) is 1.36. The van der Waals surface area contributed by atoms with E-state index < -0.39 is 5.97 Å². The first-order chi connectivity index (χ1) is 8.33. The van der Waals surface area contributed by atoms with Crippen molar-refractivity contribution >= 4 is 5.97 Å². The van der Waals surface area contributed by atoms with Crippen molar-refractivity contribution in [2.24, 2.45) is 0 Å². The Morgan fingerprint density at radius 1 is 1.24 bits per heavy atom. The molecule has 0 radical (unpaired) electrons. The monoisotopic (exact) mass is 230 g/mol. The maximum Gasteiger partial charge on any atom is 0.384 e. The lowest BCUT2D eigenvalue weighted by atomic mass is 10.2. The van der Waals surface area contributed by atoms with Gasteiger partial charge in [-0.05, 0) is 12.0 Å². The second-order valence-corrected chi connectivity index (χ2v) is 3.82. The summed E-state index contributed by atoms with van der Waals surface area (Å²) in [6.45, 7) is 2.44. The Kier molecular flexibility index (Phi) is 6.59. The Labute approximate surface area is 103 Å². The molecule has 90 valence electrons. The number of carbonyl (C=O) groups excluding carboxylic acids is 1. The third-order valence-corrected chi connectivity index (χ3v) is 2.31. The summed E-state index contributed by atoms with van der Waals surface area (Å²) >= 11 is 0. The van der Waals surface area contributed by atoms with Gasteiger partial charge in [0, 0.05) is 12.3 Å². The van der Waals surface area contributed by atoms with Gasteiger partial charge in [-0.1, -0.05) is 56.0 Å². The molecule has 0 aliphatic carbocycles. The highest BCUT2D eigenvalue weighted by atomic mass is 16.5. The van der Waals surface area contributed by atoms with Crippen molar-refractivity contribution in [2.75, 3.05) is 0 Å². The largest absolute Gasteiger partial charge is 0.451 e. The topological polar surface area (TPSA) is 26.3 Å². The van der Waals surface area contributed by atoms with Crippen molar-refractivity contribution in [3.63, 3.8) is 0 Å². The highest BCUT2D eigenvalue weighted by Gasteiger charge is 1.97. The molecule has 0 amide bonds. The molecule has 0 unspecified atom stereocenters. The van der Waals surface area contributed by atoms with E-state index in [2.05, 4.69) is 18.8 Å². The third-order valence-electron chi connectivity index (χ3n) is 2.31. The van der Waals surface area contributed by atoms with E-state index in [1.54, 1.807) is 0 Å². The van der Waals surface area contributed by atoms with Gasteiger partial charge in [0.15, 0.2) is 0 Å². The molecule has 2 nitrogen and oxygen atoms in total. The molecule has 2 heteroatoms. The fourth-order valence-corrected chi connectivity index (χ4v) is 1.36. The van der Waals surface area contributed by atoms with Gasteiger partial charge in [0.1, 0.15) is 6.61 Å². The summed E-state index contributed by atoms with van der Waals surface area (Å²) in [4.78, 5) is 11.3. The van der Waals surface area contributed by atoms with Gasteiger partial charge < -0.3 is 4.74 Å². The first-order valence-electron chi connectivity index (χ1n) is 6.02. The average Bonchev–Trinajstić information content (AvgIpc) is 2.37. The Morgan fingerprint density at radius 3 is 2.71 bits per heavy atom. The Hall–Kier alpha value is -1.75. The van der Waals surface area contributed by atoms with Crippen LogP contribution in [-0.4, -0.2) is 5.97 Å². The van der Waals surface area contributed by atoms with Crippen molar-refractivity contribution in [2.45, 2.75) is 39.2 Å². The van der Waals surface area contributed by atoms with E-state index in [1.807, 2.05) is 30.3 Å². The van der Waals surface area contributed by atoms with Crippen molar-refractivity contribution in [3.8, 4) is 11.8 Å². The number of rotatable bonds is 5. The van der Waals surface area contributed by atoms with Crippen LogP contribution in [0, 0.1) is 11.8 Å². The minimum Gasteiger partial charge on any atom is -0.451 e. The van der Waals surface area contributed by atoms with Gasteiger partial charge in [-0.15, -0.1) is 0 Å². The van der Waals surface area contributed by atoms with Crippen LogP contribution in [0.15, 0.2) is 30.3 Å². The second-order valence-electron chi connectivity index (χ2n) is 3.82. The number of hydrogen-bond acceptors (Lipinski definition) is 2. The number of hydrogen-bond donors (Lipinski definition) is 0. The van der Waals surface area contributed by atoms with Crippen molar-refractivity contribution in [3.05, 3.63) is 35.9 Å². The maximum atomic E-state index is 11.3. The lowest BCUT2D eigenvalue weighted by Crippen LogP contribution is -2.01. The minimum absolute atomic E-state index is 0.295. The molecule has 0 spiro atoms. The second kappa shape index (κ2) is 8.41. The zero-order chi connectivity index (χ0) is 12.3. The molecule has 0 atom stereocenters. The van der Waals surface area contributed by atoms with Crippen molar-refractivity contribution in [1.82, 2.24) is 0 Å². The van der Waals surface area contributed by atoms with Gasteiger partial charge in [0.25, 0.3) is 0 Å². The zero-order valence-corrected chi connectivity index (χ0v) is 10.2. The van der Waals surface area contributed by atoms with Crippen LogP contribution in [0.25, 0.3) is 0 Å². The summed E-state index contributed by atoms with van der Waals surface area (Å²) in [6, 6.07) is 9.60. The number of unbranched alkanes of at least 4 members (excludes halogenated alkanes) is 3. The molecule has 1 rings (SSSR count). The molecule has 1 aromatic carbocycles. The summed E-state index contributed by atoms with van der Waals surface area (Å²) in [5.74, 6) is 4.89. The Morgan fingerprint density at radius 2 is 2.00 bits per heavy atom. The van der Waals surface area contributed by atoms with Crippen LogP contribution in [0.2, 0.25) is 0 Å². The normalized spacial score (nSPS) is 9.24. The molecule has 0 fully saturated rings. The first-order valence-corrected chi connectivity index (χ1v) is 6.02. The van der Waals surface area contributed by atoms with Gasteiger partial charge in [-0.25, -0.2) is 4.79 Å². The highest BCUT2D eigenvalue weighted by molar-refractivity contribution is 5.88. The molecule has 0 heterocycles. The molecule has 0 N–H and O–H groups in total. The highest BCUT2D eigenvalue weighted by Crippen LogP contribution is 2.00. The van der Waals surface area contributed by atoms with Gasteiger partial charge in [-0.3, -0.25) is 0 Å². The smallest absolute Gasteiger partial charge is 0.384 e. The van der Waals surface area contributed by atoms with E-state index in [1.165, 1.54) is 6.42 Å². The van der Waals surface area contributed by atoms with Crippen molar-refractivity contribution in [1.29, 1.82) is 0 Å². The molecule has 0 aliphatic heterocycles. The van der Waals surface area contributed by atoms with Gasteiger partial charge in [-0.2, -0.15) is 0 Å². The average molecular weight is 230 g/mol. The summed E-state index contributed by atoms with van der Waals surface area (Å²) in [7, 11) is 0. The van der Waals surface area contributed by atoms with Crippen LogP contribution >= 0.6 is 0 Å². The third kappa shape index (κ3) is 6.42. The molecular weight excluding hydrogens is 212 g/mol. The predicted molar refractivity (Wildman–Crippen MR) is 68.2 cm³/mol. The van der Waals surface area contributed by atoms with Crippen molar-refractivity contribution < 1.29 is 9.53 Å². The molecular formula is C15H18O2. The van der Waals surface area contributed by atoms with Crippen LogP contribution in [0.1, 0.15) is 38.2 Å². The van der Waals surface area contributed by atoms with Crippen LogP contribution in [0.4, 0.5) is 0 Å². The number of esters is 1. The van der Waals surface area contributed by atoms with Gasteiger partial charge >= 0.3 is 5.97 Å². The van der Waals surface area contributed by atoms with Gasteiger partial charge in [0.2, 0.25) is 0 Å². The fraction of sp³-hybridized carbons (Fsp3) is 0.400. The van der Waals surface area contributed by atoms with E-state index in [0.717, 1.165) is 24.8 Å². The standard InChI is InChI=1S/C15H18O2/c1-2-3-4-5-9-12-15(16)17-13-14-10-7-6-8-11-14/h6-8,10-11H,2-5,13H2,1H3. The maximum absolute atomic E-state index is 11.3. The van der Waals surface area contributed by atoms with Gasteiger partial charge in [0.05, 0.1) is 0 Å². The number of benzene rings is 1. The summed E-state index contributed by atoms with van der Waals surface area (Å²) in [6.07, 6.45) is 4.15. The van der Waals surface area contributed by atoms with E-state index in [9.17, 15) is 4.79 Å². The first kappa shape index (κ1) is 13.3. The van der Waals surface area contributed by atoms with E-state index in [4.69, 9.17) is 4.74 Å². The molecule has 0 saturated carbocycles. The Balaban J connectivity index is 2.21. The predicted octanol–water partition coefficient (Wildman–Crippen LogP) is 3.31. The summed E-state index contributed by atoms with van der Waals surface area (Å²) in [5, 5.41) is 0. The molecule has 1 aromatic rings. The quantitative estimate of drug-likeness (QED) is 0.336.